The number of nitrogens with zero attached hydrogens (tertiary/aromatic N) is 1. The molecule has 0 amide bonds. The maximum atomic E-state index is 4.28. The van der Waals surface area contributed by atoms with Crippen LogP contribution in [0.1, 0.15) is 0 Å². The van der Waals surface area contributed by atoms with Crippen molar-refractivity contribution >= 4 is 53.9 Å². The Bertz CT molecular complexity index is 1830. The number of rotatable bonds is 1. The van der Waals surface area contributed by atoms with Gasteiger partial charge >= 0.3 is 0 Å². The Morgan fingerprint density at radius 2 is 1.21 bits per heavy atom. The second-order valence-electron chi connectivity index (χ2n) is 8.39. The molecule has 6 aromatic carbocycles. The standard InChI is InChI=1S/C31H17N.Y/c1-2-5-22-13-26-17-28-18-31-23(14-27(28)16-25(26)12-21(22)4-1)6-3-7-30(31)24-9-8-20-10-11-32-19-29(20)15-24;/h1-6,8,10-19H;/q-2;. The van der Waals surface area contributed by atoms with Crippen molar-refractivity contribution in [3.8, 4) is 11.1 Å². The van der Waals surface area contributed by atoms with E-state index in [0.717, 1.165) is 21.9 Å². The molecular formula is C31H17NY-2. The molecule has 0 N–H and O–H groups in total. The normalized spacial score (nSPS) is 11.4. The van der Waals surface area contributed by atoms with Crippen LogP contribution >= 0.6 is 0 Å². The molecule has 2 heteroatoms. The molecule has 33 heavy (non-hydrogen) atoms. The van der Waals surface area contributed by atoms with Crippen LogP contribution in [-0.4, -0.2) is 4.98 Å². The molecule has 1 nitrogen and oxygen atoms in total. The summed E-state index contributed by atoms with van der Waals surface area (Å²) in [6, 6.07) is 39.6. The van der Waals surface area contributed by atoms with Gasteiger partial charge in [-0.1, -0.05) is 53.2 Å². The number of hydrogen-bond donors (Lipinski definition) is 0. The molecule has 7 rings (SSSR count). The molecule has 1 heterocycles. The van der Waals surface area contributed by atoms with Gasteiger partial charge in [-0.3, -0.25) is 4.98 Å². The Kier molecular flexibility index (Phi) is 4.98. The van der Waals surface area contributed by atoms with Gasteiger partial charge in [0.25, 0.3) is 0 Å². The first kappa shape index (κ1) is 20.5. The van der Waals surface area contributed by atoms with Crippen molar-refractivity contribution in [3.63, 3.8) is 0 Å². The van der Waals surface area contributed by atoms with Gasteiger partial charge in [0, 0.05) is 45.1 Å². The minimum atomic E-state index is 0. The van der Waals surface area contributed by atoms with E-state index in [0.29, 0.717) is 0 Å². The number of hydrogen-bond acceptors (Lipinski definition) is 1. The minimum absolute atomic E-state index is 0. The van der Waals surface area contributed by atoms with E-state index in [-0.39, 0.29) is 32.7 Å². The van der Waals surface area contributed by atoms with Crippen LogP contribution in [0.2, 0.25) is 0 Å². The third-order valence-corrected chi connectivity index (χ3v) is 6.43. The summed E-state index contributed by atoms with van der Waals surface area (Å²) in [6.07, 6.45) is 3.73. The van der Waals surface area contributed by atoms with Gasteiger partial charge < -0.3 is 0 Å². The van der Waals surface area contributed by atoms with Crippen LogP contribution in [0.4, 0.5) is 0 Å². The number of fused-ring (bicyclic) bond motifs is 5. The van der Waals surface area contributed by atoms with Crippen LogP contribution in [-0.2, 0) is 32.7 Å². The molecule has 7 aromatic rings. The summed E-state index contributed by atoms with van der Waals surface area (Å²) in [5.41, 5.74) is 2.12. The average molecular weight is 492 g/mol. The molecule has 0 fully saturated rings. The molecule has 0 bridgehead atoms. The van der Waals surface area contributed by atoms with Crippen molar-refractivity contribution in [2.24, 2.45) is 0 Å². The van der Waals surface area contributed by atoms with Crippen LogP contribution in [0.25, 0.3) is 65.0 Å². The van der Waals surface area contributed by atoms with Crippen molar-refractivity contribution in [1.29, 1.82) is 0 Å². The maximum absolute atomic E-state index is 4.28. The Morgan fingerprint density at radius 3 is 1.97 bits per heavy atom. The Hall–Kier alpha value is -3.13. The van der Waals surface area contributed by atoms with Gasteiger partial charge in [-0.2, -0.15) is 24.3 Å². The van der Waals surface area contributed by atoms with Gasteiger partial charge in [-0.15, -0.1) is 22.9 Å². The molecule has 0 spiro atoms. The van der Waals surface area contributed by atoms with Gasteiger partial charge in [-0.25, -0.2) is 11.1 Å². The van der Waals surface area contributed by atoms with Crippen molar-refractivity contribution in [1.82, 2.24) is 4.98 Å². The van der Waals surface area contributed by atoms with E-state index in [1.807, 2.05) is 30.6 Å². The van der Waals surface area contributed by atoms with Crippen LogP contribution < -0.4 is 0 Å². The first-order valence-corrected chi connectivity index (χ1v) is 10.8. The van der Waals surface area contributed by atoms with E-state index >= 15 is 0 Å². The van der Waals surface area contributed by atoms with Gasteiger partial charge in [0.05, 0.1) is 0 Å². The third kappa shape index (κ3) is 3.44. The zero-order chi connectivity index (χ0) is 21.1. The van der Waals surface area contributed by atoms with Crippen molar-refractivity contribution < 1.29 is 32.7 Å². The average Bonchev–Trinajstić information content (AvgIpc) is 2.84. The van der Waals surface area contributed by atoms with Crippen molar-refractivity contribution in [2.75, 3.05) is 0 Å². The zero-order valence-electron chi connectivity index (χ0n) is 17.8. The van der Waals surface area contributed by atoms with Crippen molar-refractivity contribution in [2.45, 2.75) is 0 Å². The molecule has 1 aromatic heterocycles. The summed E-state index contributed by atoms with van der Waals surface area (Å²) in [4.78, 5) is 4.28. The summed E-state index contributed by atoms with van der Waals surface area (Å²) in [6.45, 7) is 0. The van der Waals surface area contributed by atoms with Crippen molar-refractivity contribution in [3.05, 3.63) is 116 Å². The Morgan fingerprint density at radius 1 is 0.545 bits per heavy atom. The Labute approximate surface area is 217 Å². The second-order valence-corrected chi connectivity index (χ2v) is 8.39. The molecule has 0 aliphatic rings. The van der Waals surface area contributed by atoms with Crippen LogP contribution in [0, 0.1) is 12.1 Å². The fourth-order valence-corrected chi connectivity index (χ4v) is 4.80. The SMILES string of the molecule is [Y].[c-]1cc2ccncc2cc1-c1[c-]ccc2cc3cc4cc5ccccc5cc4cc3cc12. The van der Waals surface area contributed by atoms with Crippen LogP contribution in [0.3, 0.4) is 0 Å². The van der Waals surface area contributed by atoms with Crippen LogP contribution in [0.15, 0.2) is 103 Å². The molecular weight excluding hydrogens is 475 g/mol. The second kappa shape index (κ2) is 8.02. The molecule has 0 aliphatic heterocycles. The fraction of sp³-hybridized carbons (Fsp3) is 0. The summed E-state index contributed by atoms with van der Waals surface area (Å²) >= 11 is 0. The number of pyridine rings is 1. The van der Waals surface area contributed by atoms with E-state index in [4.69, 9.17) is 0 Å². The number of benzene rings is 6. The smallest absolute Gasteiger partial charge is 0.0181 e. The quantitative estimate of drug-likeness (QED) is 0.167. The zero-order valence-corrected chi connectivity index (χ0v) is 20.7. The summed E-state index contributed by atoms with van der Waals surface area (Å²) < 4.78 is 0. The predicted octanol–water partition coefficient (Wildman–Crippen LogP) is 8.11. The van der Waals surface area contributed by atoms with E-state index in [1.54, 1.807) is 0 Å². The third-order valence-electron chi connectivity index (χ3n) is 6.43. The maximum Gasteiger partial charge on any atom is 0.0181 e. The first-order chi connectivity index (χ1) is 15.8. The largest absolute Gasteiger partial charge is 0.267 e. The topological polar surface area (TPSA) is 12.9 Å². The predicted molar refractivity (Wildman–Crippen MR) is 135 cm³/mol. The molecule has 0 saturated heterocycles. The fourth-order valence-electron chi connectivity index (χ4n) is 4.80. The Balaban J connectivity index is 0.00000206. The summed E-state index contributed by atoms with van der Waals surface area (Å²) in [5, 5.41) is 12.2. The number of aromatic nitrogens is 1. The van der Waals surface area contributed by atoms with Gasteiger partial charge in [0.1, 0.15) is 0 Å². The van der Waals surface area contributed by atoms with E-state index in [2.05, 4.69) is 89.9 Å². The van der Waals surface area contributed by atoms with E-state index in [9.17, 15) is 0 Å². The molecule has 151 valence electrons. The van der Waals surface area contributed by atoms with Gasteiger partial charge in [0.15, 0.2) is 0 Å². The van der Waals surface area contributed by atoms with Gasteiger partial charge in [0.2, 0.25) is 0 Å². The van der Waals surface area contributed by atoms with E-state index in [1.165, 1.54) is 43.1 Å². The van der Waals surface area contributed by atoms with Gasteiger partial charge in [-0.05, 0) is 56.6 Å². The molecule has 0 aliphatic carbocycles. The van der Waals surface area contributed by atoms with E-state index < -0.39 is 0 Å². The molecule has 0 saturated carbocycles. The van der Waals surface area contributed by atoms with Crippen LogP contribution in [0.5, 0.6) is 0 Å². The summed E-state index contributed by atoms with van der Waals surface area (Å²) in [5.74, 6) is 0. The molecule has 1 radical (unpaired) electrons. The minimum Gasteiger partial charge on any atom is -0.267 e. The molecule has 0 unspecified atom stereocenters. The summed E-state index contributed by atoms with van der Waals surface area (Å²) in [7, 11) is 0. The first-order valence-electron chi connectivity index (χ1n) is 10.8. The molecule has 0 atom stereocenters. The monoisotopic (exact) mass is 492 g/mol.